The van der Waals surface area contributed by atoms with Crippen LogP contribution in [0.5, 0.6) is 0 Å². The van der Waals surface area contributed by atoms with E-state index in [0.717, 1.165) is 24.4 Å². The van der Waals surface area contributed by atoms with Crippen LogP contribution in [0.3, 0.4) is 0 Å². The molecule has 1 aliphatic rings. The van der Waals surface area contributed by atoms with Gasteiger partial charge in [-0.3, -0.25) is 4.79 Å². The van der Waals surface area contributed by atoms with E-state index in [-0.39, 0.29) is 11.8 Å². The molecular weight excluding hydrogens is 248 g/mol. The number of nitrogens with two attached hydrogens (primary N) is 1. The lowest BCUT2D eigenvalue weighted by Crippen LogP contribution is -2.34. The summed E-state index contributed by atoms with van der Waals surface area (Å²) in [5, 5.41) is 3.06. The number of carbonyl (C=O) groups excluding carboxylic acids is 1. The summed E-state index contributed by atoms with van der Waals surface area (Å²) >= 11 is 0. The molecule has 1 fully saturated rings. The van der Waals surface area contributed by atoms with E-state index < -0.39 is 0 Å². The largest absolute Gasteiger partial charge is 0.356 e. The predicted octanol–water partition coefficient (Wildman–Crippen LogP) is 2.82. The molecule has 0 saturated heterocycles. The first-order chi connectivity index (χ1) is 9.81. The maximum atomic E-state index is 12.2. The molecular formula is C17H26N2O. The fourth-order valence-corrected chi connectivity index (χ4v) is 3.08. The molecule has 0 spiro atoms. The zero-order chi connectivity index (χ0) is 14.2. The minimum absolute atomic E-state index is 0.0644. The Balaban J connectivity index is 1.78. The van der Waals surface area contributed by atoms with Gasteiger partial charge in [-0.25, -0.2) is 0 Å². The van der Waals surface area contributed by atoms with Gasteiger partial charge in [-0.05, 0) is 17.9 Å². The molecule has 0 heterocycles. The van der Waals surface area contributed by atoms with Crippen LogP contribution in [0.25, 0.3) is 0 Å². The highest BCUT2D eigenvalue weighted by Crippen LogP contribution is 2.25. The van der Waals surface area contributed by atoms with E-state index in [9.17, 15) is 4.79 Å². The summed E-state index contributed by atoms with van der Waals surface area (Å²) in [4.78, 5) is 12.2. The third-order valence-electron chi connectivity index (χ3n) is 4.33. The van der Waals surface area contributed by atoms with Gasteiger partial charge in [0.1, 0.15) is 0 Å². The van der Waals surface area contributed by atoms with Crippen molar-refractivity contribution in [3.63, 3.8) is 0 Å². The lowest BCUT2D eigenvalue weighted by molar-refractivity contribution is -0.122. The minimum atomic E-state index is -0.220. The maximum absolute atomic E-state index is 12.2. The number of hydrogen-bond acceptors (Lipinski definition) is 2. The highest BCUT2D eigenvalue weighted by molar-refractivity contribution is 5.83. The molecule has 0 radical (unpaired) electrons. The first kappa shape index (κ1) is 15.0. The van der Waals surface area contributed by atoms with Crippen molar-refractivity contribution in [2.45, 2.75) is 44.4 Å². The summed E-state index contributed by atoms with van der Waals surface area (Å²) in [5.74, 6) is 0.647. The quantitative estimate of drug-likeness (QED) is 0.838. The van der Waals surface area contributed by atoms with E-state index in [4.69, 9.17) is 5.73 Å². The van der Waals surface area contributed by atoms with E-state index >= 15 is 0 Å². The molecule has 2 rings (SSSR count). The SMILES string of the molecule is NCC(C(=O)NCCC1CCCCC1)c1ccccc1. The lowest BCUT2D eigenvalue weighted by atomic mass is 9.87. The highest BCUT2D eigenvalue weighted by Gasteiger charge is 2.19. The molecule has 1 aromatic rings. The van der Waals surface area contributed by atoms with Crippen LogP contribution >= 0.6 is 0 Å². The maximum Gasteiger partial charge on any atom is 0.228 e. The Hall–Kier alpha value is -1.35. The van der Waals surface area contributed by atoms with Crippen LogP contribution in [0.4, 0.5) is 0 Å². The Bertz CT molecular complexity index is 399. The highest BCUT2D eigenvalue weighted by atomic mass is 16.1. The second kappa shape index (κ2) is 8.05. The Labute approximate surface area is 121 Å². The Kier molecular flexibility index (Phi) is 6.06. The van der Waals surface area contributed by atoms with Crippen LogP contribution in [0.2, 0.25) is 0 Å². The second-order valence-corrected chi connectivity index (χ2v) is 5.78. The van der Waals surface area contributed by atoms with Gasteiger partial charge in [0.15, 0.2) is 0 Å². The number of benzene rings is 1. The van der Waals surface area contributed by atoms with Crippen LogP contribution in [-0.4, -0.2) is 19.0 Å². The Morgan fingerprint density at radius 3 is 2.55 bits per heavy atom. The van der Waals surface area contributed by atoms with Gasteiger partial charge in [-0.15, -0.1) is 0 Å². The summed E-state index contributed by atoms with van der Waals surface area (Å²) in [6.07, 6.45) is 7.86. The van der Waals surface area contributed by atoms with Crippen LogP contribution in [0.1, 0.15) is 50.0 Å². The third kappa shape index (κ3) is 4.34. The zero-order valence-electron chi connectivity index (χ0n) is 12.2. The van der Waals surface area contributed by atoms with Gasteiger partial charge in [0.2, 0.25) is 5.91 Å². The standard InChI is InChI=1S/C17H26N2O/c18-13-16(15-9-5-2-6-10-15)17(20)19-12-11-14-7-3-1-4-8-14/h2,5-6,9-10,14,16H,1,3-4,7-8,11-13,18H2,(H,19,20). The fourth-order valence-electron chi connectivity index (χ4n) is 3.08. The van der Waals surface area contributed by atoms with Crippen molar-refractivity contribution in [3.8, 4) is 0 Å². The molecule has 110 valence electrons. The third-order valence-corrected chi connectivity index (χ3v) is 4.33. The smallest absolute Gasteiger partial charge is 0.228 e. The average molecular weight is 274 g/mol. The number of rotatable bonds is 6. The summed E-state index contributed by atoms with van der Waals surface area (Å²) in [6.45, 7) is 1.14. The van der Waals surface area contributed by atoms with E-state index in [2.05, 4.69) is 5.32 Å². The number of amides is 1. The van der Waals surface area contributed by atoms with Crippen LogP contribution in [0.15, 0.2) is 30.3 Å². The van der Waals surface area contributed by atoms with E-state index in [1.165, 1.54) is 32.1 Å². The van der Waals surface area contributed by atoms with Crippen molar-refractivity contribution in [1.82, 2.24) is 5.32 Å². The molecule has 1 unspecified atom stereocenters. The molecule has 0 aromatic heterocycles. The summed E-state index contributed by atoms with van der Waals surface area (Å²) in [5.41, 5.74) is 6.76. The molecule has 1 aromatic carbocycles. The van der Waals surface area contributed by atoms with Crippen molar-refractivity contribution in [3.05, 3.63) is 35.9 Å². The van der Waals surface area contributed by atoms with Gasteiger partial charge in [-0.1, -0.05) is 62.4 Å². The van der Waals surface area contributed by atoms with Gasteiger partial charge in [0.05, 0.1) is 5.92 Å². The molecule has 0 bridgehead atoms. The van der Waals surface area contributed by atoms with Gasteiger partial charge in [0, 0.05) is 13.1 Å². The van der Waals surface area contributed by atoms with Crippen molar-refractivity contribution >= 4 is 5.91 Å². The van der Waals surface area contributed by atoms with Crippen LogP contribution in [0, 0.1) is 5.92 Å². The van der Waals surface area contributed by atoms with Crippen molar-refractivity contribution in [2.24, 2.45) is 11.7 Å². The molecule has 0 aliphatic heterocycles. The summed E-state index contributed by atoms with van der Waals surface area (Å²) in [6, 6.07) is 9.80. The molecule has 1 amide bonds. The molecule has 1 saturated carbocycles. The van der Waals surface area contributed by atoms with Crippen LogP contribution < -0.4 is 11.1 Å². The minimum Gasteiger partial charge on any atom is -0.356 e. The van der Waals surface area contributed by atoms with Crippen LogP contribution in [-0.2, 0) is 4.79 Å². The first-order valence-electron chi connectivity index (χ1n) is 7.84. The normalized spacial score (nSPS) is 17.6. The molecule has 20 heavy (non-hydrogen) atoms. The molecule has 3 nitrogen and oxygen atoms in total. The number of carbonyl (C=O) groups is 1. The van der Waals surface area contributed by atoms with E-state index in [1.54, 1.807) is 0 Å². The molecule has 1 atom stereocenters. The second-order valence-electron chi connectivity index (χ2n) is 5.78. The van der Waals surface area contributed by atoms with Gasteiger partial charge < -0.3 is 11.1 Å². The molecule has 3 heteroatoms. The average Bonchev–Trinajstić information content (AvgIpc) is 2.50. The Morgan fingerprint density at radius 2 is 1.90 bits per heavy atom. The van der Waals surface area contributed by atoms with Gasteiger partial charge >= 0.3 is 0 Å². The van der Waals surface area contributed by atoms with Gasteiger partial charge in [0.25, 0.3) is 0 Å². The number of hydrogen-bond donors (Lipinski definition) is 2. The topological polar surface area (TPSA) is 55.1 Å². The van der Waals surface area contributed by atoms with E-state index in [0.29, 0.717) is 6.54 Å². The van der Waals surface area contributed by atoms with Crippen molar-refractivity contribution < 1.29 is 4.79 Å². The van der Waals surface area contributed by atoms with E-state index in [1.807, 2.05) is 30.3 Å². The summed E-state index contributed by atoms with van der Waals surface area (Å²) in [7, 11) is 0. The fraction of sp³-hybridized carbons (Fsp3) is 0.588. The summed E-state index contributed by atoms with van der Waals surface area (Å²) < 4.78 is 0. The first-order valence-corrected chi connectivity index (χ1v) is 7.84. The zero-order valence-corrected chi connectivity index (χ0v) is 12.2. The van der Waals surface area contributed by atoms with Crippen molar-refractivity contribution in [2.75, 3.05) is 13.1 Å². The van der Waals surface area contributed by atoms with Crippen molar-refractivity contribution in [1.29, 1.82) is 0 Å². The monoisotopic (exact) mass is 274 g/mol. The lowest BCUT2D eigenvalue weighted by Gasteiger charge is -2.22. The predicted molar refractivity (Wildman–Crippen MR) is 82.4 cm³/mol. The Morgan fingerprint density at radius 1 is 1.20 bits per heavy atom. The van der Waals surface area contributed by atoms with Gasteiger partial charge in [-0.2, -0.15) is 0 Å². The molecule has 1 aliphatic carbocycles. The number of nitrogens with one attached hydrogen (secondary N) is 1. The molecule has 3 N–H and O–H groups in total.